The summed E-state index contributed by atoms with van der Waals surface area (Å²) in [6, 6.07) is -0.0285. The molecule has 0 aromatic carbocycles. The number of ether oxygens (including phenoxy) is 1. The molecule has 2 heterocycles. The fourth-order valence-corrected chi connectivity index (χ4v) is 3.03. The molecule has 1 saturated heterocycles. The molecule has 1 saturated carbocycles. The van der Waals surface area contributed by atoms with Crippen LogP contribution in [-0.2, 0) is 9.53 Å². The molecule has 1 aromatic heterocycles. The highest BCUT2D eigenvalue weighted by atomic mass is 16.5. The van der Waals surface area contributed by atoms with Crippen LogP contribution >= 0.6 is 0 Å². The Morgan fingerprint density at radius 1 is 1.55 bits per heavy atom. The molecule has 3 atom stereocenters. The molecule has 1 aliphatic carbocycles. The van der Waals surface area contributed by atoms with Crippen LogP contribution in [0.4, 0.5) is 4.79 Å². The van der Waals surface area contributed by atoms with Gasteiger partial charge in [0.15, 0.2) is 0 Å². The standard InChI is InChI=1S/C14H21N5O3/c1-2-22-14(21)17-9-4-3-5-19(7-9)13(20)11-6-10(11)12-15-8-16-18-12/h8-11H,2-7H2,1H3,(H,17,21)(H,15,16,18)/t9-,10-,11+/m1/s1. The number of aromatic amines is 1. The van der Waals surface area contributed by atoms with Gasteiger partial charge < -0.3 is 15.0 Å². The summed E-state index contributed by atoms with van der Waals surface area (Å²) in [6.45, 7) is 3.42. The topological polar surface area (TPSA) is 100 Å². The van der Waals surface area contributed by atoms with Gasteiger partial charge in [-0.05, 0) is 26.2 Å². The highest BCUT2D eigenvalue weighted by molar-refractivity contribution is 5.83. The SMILES string of the molecule is CCOC(=O)N[C@@H]1CCCN(C(=O)[C@H]2C[C@H]2c2ncn[nH]2)C1. The number of hydrogen-bond acceptors (Lipinski definition) is 5. The van der Waals surface area contributed by atoms with E-state index in [0.717, 1.165) is 31.6 Å². The minimum atomic E-state index is -0.409. The minimum Gasteiger partial charge on any atom is -0.450 e. The summed E-state index contributed by atoms with van der Waals surface area (Å²) in [5.74, 6) is 1.09. The molecule has 22 heavy (non-hydrogen) atoms. The predicted molar refractivity (Wildman–Crippen MR) is 77.0 cm³/mol. The zero-order valence-corrected chi connectivity index (χ0v) is 12.6. The highest BCUT2D eigenvalue weighted by Gasteiger charge is 2.48. The van der Waals surface area contributed by atoms with E-state index in [0.29, 0.717) is 13.2 Å². The Kier molecular flexibility index (Phi) is 4.26. The predicted octanol–water partition coefficient (Wildman–Crippen LogP) is 0.645. The molecule has 1 aliphatic heterocycles. The second-order valence-electron chi connectivity index (χ2n) is 5.81. The molecule has 120 valence electrons. The molecule has 2 N–H and O–H groups in total. The van der Waals surface area contributed by atoms with Gasteiger partial charge in [-0.2, -0.15) is 5.10 Å². The number of rotatable bonds is 4. The van der Waals surface area contributed by atoms with Gasteiger partial charge in [0, 0.05) is 31.0 Å². The number of piperidine rings is 1. The van der Waals surface area contributed by atoms with Crippen molar-refractivity contribution in [2.75, 3.05) is 19.7 Å². The minimum absolute atomic E-state index is 0.00528. The molecule has 8 heteroatoms. The van der Waals surface area contributed by atoms with Gasteiger partial charge in [0.05, 0.1) is 6.61 Å². The van der Waals surface area contributed by atoms with Gasteiger partial charge in [-0.15, -0.1) is 0 Å². The first-order valence-corrected chi connectivity index (χ1v) is 7.76. The Labute approximate surface area is 128 Å². The lowest BCUT2D eigenvalue weighted by molar-refractivity contribution is -0.134. The molecular formula is C14H21N5O3. The Morgan fingerprint density at radius 2 is 2.41 bits per heavy atom. The highest BCUT2D eigenvalue weighted by Crippen LogP contribution is 2.47. The zero-order valence-electron chi connectivity index (χ0n) is 12.6. The largest absolute Gasteiger partial charge is 0.450 e. The molecule has 1 aromatic rings. The Hall–Kier alpha value is -2.12. The van der Waals surface area contributed by atoms with Crippen LogP contribution in [0.5, 0.6) is 0 Å². The molecule has 8 nitrogen and oxygen atoms in total. The molecule has 0 bridgehead atoms. The average molecular weight is 307 g/mol. The number of H-pyrrole nitrogens is 1. The van der Waals surface area contributed by atoms with Crippen LogP contribution in [0.3, 0.4) is 0 Å². The molecule has 0 spiro atoms. The van der Waals surface area contributed by atoms with Crippen molar-refractivity contribution in [3.05, 3.63) is 12.2 Å². The summed E-state index contributed by atoms with van der Waals surface area (Å²) in [5.41, 5.74) is 0. The number of alkyl carbamates (subject to hydrolysis) is 1. The van der Waals surface area contributed by atoms with Gasteiger partial charge in [0.25, 0.3) is 0 Å². The van der Waals surface area contributed by atoms with E-state index in [1.165, 1.54) is 6.33 Å². The third kappa shape index (κ3) is 3.20. The number of hydrogen-bond donors (Lipinski definition) is 2. The number of nitrogens with zero attached hydrogens (tertiary/aromatic N) is 3. The van der Waals surface area contributed by atoms with Crippen LogP contribution in [-0.4, -0.2) is 57.8 Å². The monoisotopic (exact) mass is 307 g/mol. The van der Waals surface area contributed by atoms with Gasteiger partial charge >= 0.3 is 6.09 Å². The Balaban J connectivity index is 1.52. The number of amides is 2. The van der Waals surface area contributed by atoms with Crippen molar-refractivity contribution in [2.24, 2.45) is 5.92 Å². The van der Waals surface area contributed by atoms with Crippen LogP contribution in [0.15, 0.2) is 6.33 Å². The summed E-state index contributed by atoms with van der Waals surface area (Å²) in [7, 11) is 0. The van der Waals surface area contributed by atoms with Crippen LogP contribution < -0.4 is 5.32 Å². The summed E-state index contributed by atoms with van der Waals surface area (Å²) in [4.78, 5) is 30.0. The van der Waals surface area contributed by atoms with Crippen molar-refractivity contribution in [1.82, 2.24) is 25.4 Å². The Morgan fingerprint density at radius 3 is 3.14 bits per heavy atom. The first kappa shape index (κ1) is 14.8. The molecule has 2 amide bonds. The maximum atomic E-state index is 12.5. The number of aromatic nitrogens is 3. The maximum absolute atomic E-state index is 12.5. The van der Waals surface area contributed by atoms with Crippen LogP contribution in [0, 0.1) is 5.92 Å². The van der Waals surface area contributed by atoms with Crippen LogP contribution in [0.1, 0.15) is 37.9 Å². The number of likely N-dealkylation sites (tertiary alicyclic amines) is 1. The summed E-state index contributed by atoms with van der Waals surface area (Å²) < 4.78 is 4.89. The van der Waals surface area contributed by atoms with Crippen molar-refractivity contribution in [3.8, 4) is 0 Å². The van der Waals surface area contributed by atoms with Gasteiger partial charge in [0.1, 0.15) is 12.2 Å². The first-order valence-electron chi connectivity index (χ1n) is 7.76. The van der Waals surface area contributed by atoms with Crippen molar-refractivity contribution in [1.29, 1.82) is 0 Å². The number of nitrogens with one attached hydrogen (secondary N) is 2. The van der Waals surface area contributed by atoms with Crippen LogP contribution in [0.25, 0.3) is 0 Å². The van der Waals surface area contributed by atoms with Gasteiger partial charge in [-0.25, -0.2) is 9.78 Å². The third-order valence-corrected chi connectivity index (χ3v) is 4.22. The van der Waals surface area contributed by atoms with E-state index in [9.17, 15) is 9.59 Å². The van der Waals surface area contributed by atoms with E-state index in [2.05, 4.69) is 20.5 Å². The van der Waals surface area contributed by atoms with E-state index < -0.39 is 6.09 Å². The summed E-state index contributed by atoms with van der Waals surface area (Å²) in [6.07, 6.45) is 3.64. The quantitative estimate of drug-likeness (QED) is 0.850. The van der Waals surface area contributed by atoms with Crippen molar-refractivity contribution in [2.45, 2.75) is 38.1 Å². The van der Waals surface area contributed by atoms with E-state index in [1.807, 2.05) is 4.90 Å². The molecule has 2 fully saturated rings. The summed E-state index contributed by atoms with van der Waals surface area (Å²) >= 11 is 0. The summed E-state index contributed by atoms with van der Waals surface area (Å²) in [5, 5.41) is 9.48. The van der Waals surface area contributed by atoms with Crippen LogP contribution in [0.2, 0.25) is 0 Å². The van der Waals surface area contributed by atoms with Crippen molar-refractivity contribution in [3.63, 3.8) is 0 Å². The van der Waals surface area contributed by atoms with Crippen molar-refractivity contribution >= 4 is 12.0 Å². The lowest BCUT2D eigenvalue weighted by atomic mass is 10.1. The fraction of sp³-hybridized carbons (Fsp3) is 0.714. The lowest BCUT2D eigenvalue weighted by Crippen LogP contribution is -2.50. The first-order chi connectivity index (χ1) is 10.7. The smallest absolute Gasteiger partial charge is 0.407 e. The number of carbonyl (C=O) groups is 2. The van der Waals surface area contributed by atoms with E-state index in [-0.39, 0.29) is 23.8 Å². The molecular weight excluding hydrogens is 286 g/mol. The molecule has 2 aliphatic rings. The van der Waals surface area contributed by atoms with E-state index in [4.69, 9.17) is 4.74 Å². The molecule has 0 radical (unpaired) electrons. The molecule has 0 unspecified atom stereocenters. The lowest BCUT2D eigenvalue weighted by Gasteiger charge is -2.33. The maximum Gasteiger partial charge on any atom is 0.407 e. The number of carbonyl (C=O) groups excluding carboxylic acids is 2. The van der Waals surface area contributed by atoms with E-state index in [1.54, 1.807) is 6.92 Å². The van der Waals surface area contributed by atoms with Gasteiger partial charge in [-0.3, -0.25) is 9.89 Å². The zero-order chi connectivity index (χ0) is 15.5. The second kappa shape index (κ2) is 6.33. The Bertz CT molecular complexity index is 533. The van der Waals surface area contributed by atoms with Crippen molar-refractivity contribution < 1.29 is 14.3 Å². The normalized spacial score (nSPS) is 27.3. The third-order valence-electron chi connectivity index (χ3n) is 4.22. The second-order valence-corrected chi connectivity index (χ2v) is 5.81. The van der Waals surface area contributed by atoms with E-state index >= 15 is 0 Å². The molecule has 3 rings (SSSR count). The van der Waals surface area contributed by atoms with Gasteiger partial charge in [0.2, 0.25) is 5.91 Å². The average Bonchev–Trinajstić information content (AvgIpc) is 3.12. The van der Waals surface area contributed by atoms with Gasteiger partial charge in [-0.1, -0.05) is 0 Å². The fourth-order valence-electron chi connectivity index (χ4n) is 3.03.